The van der Waals surface area contributed by atoms with Gasteiger partial charge in [0.25, 0.3) is 5.91 Å². The molecule has 0 saturated carbocycles. The largest absolute Gasteiger partial charge is 0.467 e. The summed E-state index contributed by atoms with van der Waals surface area (Å²) >= 11 is 5.18. The summed E-state index contributed by atoms with van der Waals surface area (Å²) < 4.78 is 5.45. The Morgan fingerprint density at radius 2 is 2.04 bits per heavy atom. The number of amides is 1. The van der Waals surface area contributed by atoms with Crippen molar-refractivity contribution in [1.82, 2.24) is 16.0 Å². The molecule has 3 rings (SSSR count). The number of carbonyl (C=O) groups excluding carboxylic acids is 1. The quantitative estimate of drug-likeness (QED) is 0.753. The first kappa shape index (κ1) is 15.3. The minimum atomic E-state index is -0.394. The van der Waals surface area contributed by atoms with Gasteiger partial charge in [-0.2, -0.15) is 0 Å². The lowest BCUT2D eigenvalue weighted by Crippen LogP contribution is -2.46. The first-order valence-electron chi connectivity index (χ1n) is 7.29. The van der Waals surface area contributed by atoms with Gasteiger partial charge in [0.2, 0.25) is 0 Å². The lowest BCUT2D eigenvalue weighted by Gasteiger charge is -2.28. The van der Waals surface area contributed by atoms with Crippen LogP contribution in [0.25, 0.3) is 0 Å². The van der Waals surface area contributed by atoms with Gasteiger partial charge < -0.3 is 20.4 Å². The van der Waals surface area contributed by atoms with Crippen molar-refractivity contribution in [3.63, 3.8) is 0 Å². The van der Waals surface area contributed by atoms with Crippen molar-refractivity contribution in [3.05, 3.63) is 71.3 Å². The highest BCUT2D eigenvalue weighted by Gasteiger charge is 2.31. The summed E-state index contributed by atoms with van der Waals surface area (Å²) in [5.41, 5.74) is 2.34. The summed E-state index contributed by atoms with van der Waals surface area (Å²) in [4.78, 5) is 12.7. The second kappa shape index (κ2) is 6.66. The van der Waals surface area contributed by atoms with E-state index in [-0.39, 0.29) is 5.91 Å². The number of furan rings is 1. The summed E-state index contributed by atoms with van der Waals surface area (Å²) in [5, 5.41) is 9.50. The summed E-state index contributed by atoms with van der Waals surface area (Å²) in [6.45, 7) is 2.30. The fourth-order valence-electron chi connectivity index (χ4n) is 2.54. The molecule has 5 nitrogen and oxygen atoms in total. The van der Waals surface area contributed by atoms with Crippen LogP contribution in [0.1, 0.15) is 24.3 Å². The molecule has 0 spiro atoms. The normalized spacial score (nSPS) is 17.4. The van der Waals surface area contributed by atoms with Crippen molar-refractivity contribution in [2.75, 3.05) is 0 Å². The van der Waals surface area contributed by atoms with Gasteiger partial charge >= 0.3 is 0 Å². The first-order chi connectivity index (χ1) is 11.1. The number of rotatable bonds is 4. The van der Waals surface area contributed by atoms with Crippen molar-refractivity contribution in [1.29, 1.82) is 0 Å². The SMILES string of the molecule is CC1=C(C(=O)NCc2ccccc2)C(c2ccco2)NC(=S)N1. The molecule has 1 aliphatic heterocycles. The Balaban J connectivity index is 1.81. The van der Waals surface area contributed by atoms with E-state index in [1.165, 1.54) is 0 Å². The summed E-state index contributed by atoms with van der Waals surface area (Å²) in [5.74, 6) is 0.494. The average molecular weight is 327 g/mol. The molecular weight excluding hydrogens is 310 g/mol. The highest BCUT2D eigenvalue weighted by Crippen LogP contribution is 2.27. The highest BCUT2D eigenvalue weighted by molar-refractivity contribution is 7.80. The minimum absolute atomic E-state index is 0.157. The topological polar surface area (TPSA) is 66.3 Å². The van der Waals surface area contributed by atoms with Crippen molar-refractivity contribution >= 4 is 23.2 Å². The van der Waals surface area contributed by atoms with Gasteiger partial charge in [-0.05, 0) is 36.8 Å². The van der Waals surface area contributed by atoms with E-state index in [0.29, 0.717) is 23.0 Å². The van der Waals surface area contributed by atoms with Gasteiger partial charge in [-0.15, -0.1) is 0 Å². The fourth-order valence-corrected chi connectivity index (χ4v) is 2.81. The zero-order valence-corrected chi connectivity index (χ0v) is 13.4. The van der Waals surface area contributed by atoms with Crippen LogP contribution >= 0.6 is 12.2 Å². The Labute approximate surface area is 139 Å². The number of nitrogens with one attached hydrogen (secondary N) is 3. The van der Waals surface area contributed by atoms with Gasteiger partial charge in [-0.1, -0.05) is 30.3 Å². The van der Waals surface area contributed by atoms with E-state index in [1.807, 2.05) is 43.3 Å². The number of carbonyl (C=O) groups is 1. The van der Waals surface area contributed by atoms with Crippen LogP contribution in [0.5, 0.6) is 0 Å². The Kier molecular flexibility index (Phi) is 4.43. The van der Waals surface area contributed by atoms with E-state index < -0.39 is 6.04 Å². The predicted octanol–water partition coefficient (Wildman–Crippen LogP) is 2.39. The van der Waals surface area contributed by atoms with Crippen molar-refractivity contribution in [2.24, 2.45) is 0 Å². The van der Waals surface area contributed by atoms with Crippen LogP contribution in [0.15, 0.2) is 64.4 Å². The molecule has 0 bridgehead atoms. The van der Waals surface area contributed by atoms with Crippen LogP contribution in [0.4, 0.5) is 0 Å². The standard InChI is InChI=1S/C17H17N3O2S/c1-11-14(16(21)18-10-12-6-3-2-4-7-12)15(20-17(23)19-11)13-8-5-9-22-13/h2-9,15H,10H2,1H3,(H,18,21)(H2,19,20,23). The maximum Gasteiger partial charge on any atom is 0.251 e. The second-order valence-electron chi connectivity index (χ2n) is 5.25. The van der Waals surface area contributed by atoms with E-state index in [4.69, 9.17) is 16.6 Å². The van der Waals surface area contributed by atoms with E-state index in [1.54, 1.807) is 12.3 Å². The molecular formula is C17H17N3O2S. The minimum Gasteiger partial charge on any atom is -0.467 e. The number of thiocarbonyl (C=S) groups is 1. The number of benzene rings is 1. The Morgan fingerprint density at radius 3 is 2.74 bits per heavy atom. The van der Waals surface area contributed by atoms with Crippen LogP contribution in [0.2, 0.25) is 0 Å². The molecule has 1 aliphatic rings. The van der Waals surface area contributed by atoms with E-state index in [2.05, 4.69) is 16.0 Å². The van der Waals surface area contributed by atoms with Crippen LogP contribution in [-0.2, 0) is 11.3 Å². The maximum atomic E-state index is 12.7. The molecule has 118 valence electrons. The molecule has 1 atom stereocenters. The van der Waals surface area contributed by atoms with Crippen molar-refractivity contribution < 1.29 is 9.21 Å². The zero-order valence-electron chi connectivity index (χ0n) is 12.6. The van der Waals surface area contributed by atoms with E-state index in [0.717, 1.165) is 11.3 Å². The first-order valence-corrected chi connectivity index (χ1v) is 7.70. The third-order valence-corrected chi connectivity index (χ3v) is 3.86. The predicted molar refractivity (Wildman–Crippen MR) is 91.3 cm³/mol. The Morgan fingerprint density at radius 1 is 1.26 bits per heavy atom. The smallest absolute Gasteiger partial charge is 0.251 e. The molecule has 1 unspecified atom stereocenters. The lowest BCUT2D eigenvalue weighted by molar-refractivity contribution is -0.118. The summed E-state index contributed by atoms with van der Waals surface area (Å²) in [6.07, 6.45) is 1.58. The molecule has 23 heavy (non-hydrogen) atoms. The molecule has 0 aliphatic carbocycles. The molecule has 2 heterocycles. The van der Waals surface area contributed by atoms with Gasteiger partial charge in [0, 0.05) is 12.2 Å². The number of hydrogen-bond donors (Lipinski definition) is 3. The number of hydrogen-bond acceptors (Lipinski definition) is 3. The van der Waals surface area contributed by atoms with Crippen LogP contribution in [0.3, 0.4) is 0 Å². The summed E-state index contributed by atoms with van der Waals surface area (Å²) in [6, 6.07) is 13.0. The molecule has 0 fully saturated rings. The highest BCUT2D eigenvalue weighted by atomic mass is 32.1. The van der Waals surface area contributed by atoms with Crippen LogP contribution < -0.4 is 16.0 Å². The molecule has 0 radical (unpaired) electrons. The third kappa shape index (κ3) is 3.43. The molecule has 1 aromatic carbocycles. The van der Waals surface area contributed by atoms with Crippen LogP contribution in [0, 0.1) is 0 Å². The van der Waals surface area contributed by atoms with E-state index in [9.17, 15) is 4.79 Å². The molecule has 6 heteroatoms. The van der Waals surface area contributed by atoms with E-state index >= 15 is 0 Å². The average Bonchev–Trinajstić information content (AvgIpc) is 3.07. The molecule has 2 aromatic rings. The summed E-state index contributed by atoms with van der Waals surface area (Å²) in [7, 11) is 0. The van der Waals surface area contributed by atoms with Gasteiger partial charge in [-0.25, -0.2) is 0 Å². The second-order valence-corrected chi connectivity index (χ2v) is 5.66. The molecule has 1 amide bonds. The monoisotopic (exact) mass is 327 g/mol. The van der Waals surface area contributed by atoms with Crippen LogP contribution in [-0.4, -0.2) is 11.0 Å². The Bertz CT molecular complexity index is 738. The van der Waals surface area contributed by atoms with Crippen molar-refractivity contribution in [2.45, 2.75) is 19.5 Å². The maximum absolute atomic E-state index is 12.7. The van der Waals surface area contributed by atoms with Gasteiger partial charge in [0.05, 0.1) is 11.8 Å². The third-order valence-electron chi connectivity index (χ3n) is 3.64. The van der Waals surface area contributed by atoms with Gasteiger partial charge in [0.1, 0.15) is 11.8 Å². The lowest BCUT2D eigenvalue weighted by atomic mass is 10.00. The number of allylic oxidation sites excluding steroid dienone is 1. The van der Waals surface area contributed by atoms with Gasteiger partial charge in [-0.3, -0.25) is 4.79 Å². The Hall–Kier alpha value is -2.60. The molecule has 1 aromatic heterocycles. The molecule has 3 N–H and O–H groups in total. The zero-order chi connectivity index (χ0) is 16.2. The van der Waals surface area contributed by atoms with Gasteiger partial charge in [0.15, 0.2) is 5.11 Å². The molecule has 0 saturated heterocycles. The fraction of sp³-hybridized carbons (Fsp3) is 0.176. The van der Waals surface area contributed by atoms with Crippen molar-refractivity contribution in [3.8, 4) is 0 Å².